The molecule has 7 heteroatoms. The van der Waals surface area contributed by atoms with Crippen LogP contribution in [0, 0.1) is 5.82 Å². The van der Waals surface area contributed by atoms with Crippen molar-refractivity contribution in [1.29, 1.82) is 0 Å². The van der Waals surface area contributed by atoms with E-state index >= 15 is 0 Å². The Bertz CT molecular complexity index is 897. The van der Waals surface area contributed by atoms with Crippen LogP contribution in [0.4, 0.5) is 4.39 Å². The van der Waals surface area contributed by atoms with E-state index in [4.69, 9.17) is 9.84 Å². The zero-order valence-corrected chi connectivity index (χ0v) is 15.0. The summed E-state index contributed by atoms with van der Waals surface area (Å²) in [5.41, 5.74) is 0.668. The van der Waals surface area contributed by atoms with Crippen molar-refractivity contribution in [2.45, 2.75) is 6.04 Å². The molecule has 1 aliphatic heterocycles. The van der Waals surface area contributed by atoms with Crippen molar-refractivity contribution in [1.82, 2.24) is 4.90 Å². The molecule has 146 valence electrons. The van der Waals surface area contributed by atoms with Gasteiger partial charge in [0.05, 0.1) is 31.4 Å². The molecular weight excluding hydrogens is 365 g/mol. The fraction of sp³-hybridized carbons (Fsp3) is 0.238. The second-order valence-electron chi connectivity index (χ2n) is 6.25. The smallest absolute Gasteiger partial charge is 0.295 e. The van der Waals surface area contributed by atoms with Crippen LogP contribution in [-0.4, -0.2) is 53.2 Å². The molecule has 1 aliphatic rings. The minimum Gasteiger partial charge on any atom is -0.507 e. The molecule has 28 heavy (non-hydrogen) atoms. The molecule has 2 aromatic rings. The van der Waals surface area contributed by atoms with E-state index in [1.54, 1.807) is 36.4 Å². The summed E-state index contributed by atoms with van der Waals surface area (Å²) in [5.74, 6) is -2.46. The Morgan fingerprint density at radius 1 is 1.07 bits per heavy atom. The summed E-state index contributed by atoms with van der Waals surface area (Å²) < 4.78 is 19.0. The first kappa shape index (κ1) is 19.7. The third-order valence-corrected chi connectivity index (χ3v) is 4.46. The molecule has 1 fully saturated rings. The molecule has 2 aromatic carbocycles. The lowest BCUT2D eigenvalue weighted by atomic mass is 9.95. The van der Waals surface area contributed by atoms with Gasteiger partial charge in [0.25, 0.3) is 11.7 Å². The lowest BCUT2D eigenvalue weighted by Crippen LogP contribution is -2.33. The highest BCUT2D eigenvalue weighted by Crippen LogP contribution is 2.39. The van der Waals surface area contributed by atoms with Crippen molar-refractivity contribution in [2.24, 2.45) is 0 Å². The first-order valence-electron chi connectivity index (χ1n) is 8.82. The topological polar surface area (TPSA) is 87.1 Å². The lowest BCUT2D eigenvalue weighted by molar-refractivity contribution is -0.140. The summed E-state index contributed by atoms with van der Waals surface area (Å²) in [4.78, 5) is 26.6. The van der Waals surface area contributed by atoms with E-state index in [1.807, 2.05) is 0 Å². The quantitative estimate of drug-likeness (QED) is 0.330. The predicted molar refractivity (Wildman–Crippen MR) is 99.8 cm³/mol. The Kier molecular flexibility index (Phi) is 6.18. The summed E-state index contributed by atoms with van der Waals surface area (Å²) in [7, 11) is 0. The van der Waals surface area contributed by atoms with Crippen LogP contribution in [0.1, 0.15) is 17.2 Å². The standard InChI is InChI=1S/C21H20FNO5/c22-16-8-4-7-15(13-16)18-17(19(25)14-5-2-1-3-6-14)20(26)21(27)23(18)9-11-28-12-10-24/h1-8,13,18,24-25H,9-12H2. The van der Waals surface area contributed by atoms with Crippen molar-refractivity contribution >= 4 is 17.4 Å². The molecule has 1 heterocycles. The molecule has 1 atom stereocenters. The van der Waals surface area contributed by atoms with Gasteiger partial charge in [-0.1, -0.05) is 42.5 Å². The number of hydrogen-bond acceptors (Lipinski definition) is 5. The highest BCUT2D eigenvalue weighted by Gasteiger charge is 2.45. The average molecular weight is 385 g/mol. The second-order valence-corrected chi connectivity index (χ2v) is 6.25. The van der Waals surface area contributed by atoms with E-state index in [0.717, 1.165) is 0 Å². The number of carbonyl (C=O) groups excluding carboxylic acids is 2. The molecule has 0 aliphatic carbocycles. The van der Waals surface area contributed by atoms with E-state index in [-0.39, 0.29) is 37.7 Å². The lowest BCUT2D eigenvalue weighted by Gasteiger charge is -2.25. The van der Waals surface area contributed by atoms with E-state index in [0.29, 0.717) is 11.1 Å². The zero-order chi connectivity index (χ0) is 20.1. The van der Waals surface area contributed by atoms with Crippen LogP contribution in [0.3, 0.4) is 0 Å². The maximum atomic E-state index is 13.8. The van der Waals surface area contributed by atoms with E-state index in [1.165, 1.54) is 23.1 Å². The number of aliphatic hydroxyl groups excluding tert-OH is 2. The van der Waals surface area contributed by atoms with Crippen LogP contribution < -0.4 is 0 Å². The van der Waals surface area contributed by atoms with E-state index in [9.17, 15) is 19.1 Å². The largest absolute Gasteiger partial charge is 0.507 e. The van der Waals surface area contributed by atoms with Gasteiger partial charge in [0, 0.05) is 12.1 Å². The van der Waals surface area contributed by atoms with Gasteiger partial charge < -0.3 is 19.8 Å². The van der Waals surface area contributed by atoms with Crippen molar-refractivity contribution in [3.8, 4) is 0 Å². The number of hydrogen-bond donors (Lipinski definition) is 2. The monoisotopic (exact) mass is 385 g/mol. The van der Waals surface area contributed by atoms with E-state index in [2.05, 4.69) is 0 Å². The summed E-state index contributed by atoms with van der Waals surface area (Å²) in [6.45, 7) is 0.0703. The van der Waals surface area contributed by atoms with Crippen LogP contribution >= 0.6 is 0 Å². The molecule has 0 aromatic heterocycles. The number of likely N-dealkylation sites (tertiary alicyclic amines) is 1. The number of carbonyl (C=O) groups is 2. The summed E-state index contributed by atoms with van der Waals surface area (Å²) >= 11 is 0. The van der Waals surface area contributed by atoms with Crippen molar-refractivity contribution in [2.75, 3.05) is 26.4 Å². The van der Waals surface area contributed by atoms with Gasteiger partial charge in [-0.05, 0) is 17.7 Å². The molecule has 2 N–H and O–H groups in total. The summed E-state index contributed by atoms with van der Waals surface area (Å²) in [6.07, 6.45) is 0. The number of ether oxygens (including phenoxy) is 1. The second kappa shape index (κ2) is 8.77. The van der Waals surface area contributed by atoms with Crippen molar-refractivity contribution < 1.29 is 28.9 Å². The van der Waals surface area contributed by atoms with Gasteiger partial charge in [-0.3, -0.25) is 9.59 Å². The highest BCUT2D eigenvalue weighted by atomic mass is 19.1. The number of Topliss-reactive ketones (excluding diaryl/α,β-unsaturated/α-hetero) is 1. The Hall–Kier alpha value is -3.03. The van der Waals surface area contributed by atoms with Gasteiger partial charge in [-0.25, -0.2) is 4.39 Å². The van der Waals surface area contributed by atoms with Crippen molar-refractivity contribution in [3.63, 3.8) is 0 Å². The average Bonchev–Trinajstić information content (AvgIpc) is 2.96. The summed E-state index contributed by atoms with van der Waals surface area (Å²) in [6, 6.07) is 13.0. The fourth-order valence-corrected chi connectivity index (χ4v) is 3.21. The Labute approximate surface area is 161 Å². The zero-order valence-electron chi connectivity index (χ0n) is 15.0. The van der Waals surface area contributed by atoms with Crippen LogP contribution in [0.2, 0.25) is 0 Å². The van der Waals surface area contributed by atoms with Gasteiger partial charge in [0.1, 0.15) is 11.6 Å². The molecule has 1 amide bonds. The normalized spacial score (nSPS) is 18.6. The van der Waals surface area contributed by atoms with Gasteiger partial charge in [0.2, 0.25) is 0 Å². The van der Waals surface area contributed by atoms with Gasteiger partial charge in [-0.15, -0.1) is 0 Å². The maximum Gasteiger partial charge on any atom is 0.295 e. The number of halogens is 1. The Morgan fingerprint density at radius 2 is 1.82 bits per heavy atom. The third-order valence-electron chi connectivity index (χ3n) is 4.46. The van der Waals surface area contributed by atoms with Crippen LogP contribution in [-0.2, 0) is 14.3 Å². The first-order chi connectivity index (χ1) is 13.5. The van der Waals surface area contributed by atoms with Gasteiger partial charge >= 0.3 is 0 Å². The third kappa shape index (κ3) is 3.95. The van der Waals surface area contributed by atoms with Crippen LogP contribution in [0.25, 0.3) is 5.76 Å². The number of benzene rings is 2. The number of aliphatic hydroxyl groups is 2. The minimum absolute atomic E-state index is 0.0529. The Balaban J connectivity index is 2.06. The van der Waals surface area contributed by atoms with Gasteiger partial charge in [-0.2, -0.15) is 0 Å². The number of ketones is 1. The van der Waals surface area contributed by atoms with Crippen molar-refractivity contribution in [3.05, 3.63) is 77.1 Å². The fourth-order valence-electron chi connectivity index (χ4n) is 3.21. The minimum atomic E-state index is -0.936. The SMILES string of the molecule is O=C1C(=O)N(CCOCCO)C(c2cccc(F)c2)C1=C(O)c1ccccc1. The maximum absolute atomic E-state index is 13.8. The van der Waals surface area contributed by atoms with Crippen LogP contribution in [0.15, 0.2) is 60.2 Å². The summed E-state index contributed by atoms with van der Waals surface area (Å²) in [5, 5.41) is 19.6. The first-order valence-corrected chi connectivity index (χ1v) is 8.82. The highest BCUT2D eigenvalue weighted by molar-refractivity contribution is 6.46. The van der Waals surface area contributed by atoms with Gasteiger partial charge in [0.15, 0.2) is 0 Å². The van der Waals surface area contributed by atoms with E-state index < -0.39 is 23.5 Å². The predicted octanol–water partition coefficient (Wildman–Crippen LogP) is 2.26. The molecule has 1 saturated heterocycles. The molecule has 3 rings (SSSR count). The number of nitrogens with zero attached hydrogens (tertiary/aromatic N) is 1. The molecule has 0 bridgehead atoms. The molecule has 0 spiro atoms. The number of amides is 1. The molecule has 0 radical (unpaired) electrons. The van der Waals surface area contributed by atoms with Crippen LogP contribution in [0.5, 0.6) is 0 Å². The molecule has 1 unspecified atom stereocenters. The molecular formula is C21H20FNO5. The Morgan fingerprint density at radius 3 is 2.50 bits per heavy atom. The number of rotatable bonds is 7. The molecule has 0 saturated carbocycles. The molecule has 6 nitrogen and oxygen atoms in total.